The quantitative estimate of drug-likeness (QED) is 0.684. The van der Waals surface area contributed by atoms with E-state index in [1.54, 1.807) is 18.2 Å². The van der Waals surface area contributed by atoms with Gasteiger partial charge in [0.25, 0.3) is 0 Å². The first kappa shape index (κ1) is 16.7. The third-order valence-corrected chi connectivity index (χ3v) is 3.27. The summed E-state index contributed by atoms with van der Waals surface area (Å²) < 4.78 is 0. The van der Waals surface area contributed by atoms with Crippen LogP contribution in [0.15, 0.2) is 24.3 Å². The molecular weight excluding hydrogens is 254 g/mol. The van der Waals surface area contributed by atoms with Crippen molar-refractivity contribution in [3.63, 3.8) is 0 Å². The van der Waals surface area contributed by atoms with Gasteiger partial charge in [-0.25, -0.2) is 4.79 Å². The van der Waals surface area contributed by atoms with Crippen LogP contribution < -0.4 is 5.32 Å². The minimum absolute atomic E-state index is 0.288. The molecule has 0 amide bonds. The summed E-state index contributed by atoms with van der Waals surface area (Å²) in [6.07, 6.45) is 1.75. The van der Waals surface area contributed by atoms with Crippen LogP contribution in [0, 0.1) is 5.92 Å². The van der Waals surface area contributed by atoms with Crippen LogP contribution in [-0.2, 0) is 6.54 Å². The fourth-order valence-corrected chi connectivity index (χ4v) is 1.98. The predicted octanol–water partition coefficient (Wildman–Crippen LogP) is 2.66. The van der Waals surface area contributed by atoms with Crippen molar-refractivity contribution in [2.75, 3.05) is 6.54 Å². The summed E-state index contributed by atoms with van der Waals surface area (Å²) in [5.41, 5.74) is 0.467. The topological polar surface area (TPSA) is 69.6 Å². The molecule has 1 rings (SSSR count). The molecule has 1 aromatic carbocycles. The number of hydrogen-bond acceptors (Lipinski definition) is 3. The first-order chi connectivity index (χ1) is 9.30. The molecule has 1 aromatic rings. The van der Waals surface area contributed by atoms with E-state index in [2.05, 4.69) is 19.2 Å². The van der Waals surface area contributed by atoms with Crippen LogP contribution in [0.25, 0.3) is 0 Å². The molecule has 1 unspecified atom stereocenters. The van der Waals surface area contributed by atoms with E-state index in [4.69, 9.17) is 5.11 Å². The average Bonchev–Trinajstić information content (AvgIpc) is 2.37. The summed E-state index contributed by atoms with van der Waals surface area (Å²) in [4.78, 5) is 10.9. The van der Waals surface area contributed by atoms with Crippen molar-refractivity contribution in [3.05, 3.63) is 35.4 Å². The Morgan fingerprint density at radius 2 is 2.10 bits per heavy atom. The summed E-state index contributed by atoms with van der Waals surface area (Å²) in [5, 5.41) is 22.3. The maximum Gasteiger partial charge on any atom is 0.335 e. The van der Waals surface area contributed by atoms with Gasteiger partial charge in [0.05, 0.1) is 11.2 Å². The monoisotopic (exact) mass is 279 g/mol. The molecule has 0 aliphatic carbocycles. The standard InChI is InChI=1S/C16H25NO3/c1-12(2)7-8-16(3,20)11-17-10-13-5-4-6-14(9-13)15(18)19/h4-6,9,12,17,20H,7-8,10-11H2,1-3H3,(H,18,19). The second-order valence-electron chi connectivity index (χ2n) is 6.04. The lowest BCUT2D eigenvalue weighted by Gasteiger charge is -2.24. The van der Waals surface area contributed by atoms with Crippen molar-refractivity contribution in [3.8, 4) is 0 Å². The van der Waals surface area contributed by atoms with Crippen molar-refractivity contribution in [1.82, 2.24) is 5.32 Å². The van der Waals surface area contributed by atoms with Crippen LogP contribution in [0.5, 0.6) is 0 Å². The first-order valence-electron chi connectivity index (χ1n) is 7.05. The van der Waals surface area contributed by atoms with E-state index in [0.717, 1.165) is 18.4 Å². The smallest absolute Gasteiger partial charge is 0.335 e. The van der Waals surface area contributed by atoms with E-state index in [1.165, 1.54) is 0 Å². The highest BCUT2D eigenvalue weighted by Crippen LogP contribution is 2.15. The Hall–Kier alpha value is -1.39. The second kappa shape index (κ2) is 7.41. The molecule has 4 nitrogen and oxygen atoms in total. The molecule has 0 aromatic heterocycles. The predicted molar refractivity (Wildman–Crippen MR) is 79.8 cm³/mol. The molecule has 1 atom stereocenters. The zero-order valence-electron chi connectivity index (χ0n) is 12.5. The highest BCUT2D eigenvalue weighted by atomic mass is 16.4. The maximum atomic E-state index is 10.9. The normalized spacial score (nSPS) is 14.2. The Kier molecular flexibility index (Phi) is 6.17. The third kappa shape index (κ3) is 6.17. The Morgan fingerprint density at radius 3 is 2.70 bits per heavy atom. The summed E-state index contributed by atoms with van der Waals surface area (Å²) in [6.45, 7) is 7.16. The van der Waals surface area contributed by atoms with Gasteiger partial charge in [-0.3, -0.25) is 0 Å². The molecule has 4 heteroatoms. The number of rotatable bonds is 8. The molecule has 0 heterocycles. The lowest BCUT2D eigenvalue weighted by atomic mass is 9.95. The van der Waals surface area contributed by atoms with Crippen molar-refractivity contribution in [1.29, 1.82) is 0 Å². The molecule has 0 saturated heterocycles. The summed E-state index contributed by atoms with van der Waals surface area (Å²) in [5.74, 6) is -0.343. The van der Waals surface area contributed by atoms with E-state index >= 15 is 0 Å². The van der Waals surface area contributed by atoms with E-state index in [0.29, 0.717) is 19.0 Å². The second-order valence-corrected chi connectivity index (χ2v) is 6.04. The first-order valence-corrected chi connectivity index (χ1v) is 7.05. The van der Waals surface area contributed by atoms with Gasteiger partial charge in [0.1, 0.15) is 0 Å². The number of aliphatic hydroxyl groups is 1. The van der Waals surface area contributed by atoms with Crippen LogP contribution >= 0.6 is 0 Å². The van der Waals surface area contributed by atoms with Crippen LogP contribution in [-0.4, -0.2) is 28.3 Å². The number of carbonyl (C=O) groups is 1. The molecule has 0 radical (unpaired) electrons. The SMILES string of the molecule is CC(C)CCC(C)(O)CNCc1cccc(C(=O)O)c1. The van der Waals surface area contributed by atoms with Gasteiger partial charge < -0.3 is 15.5 Å². The number of nitrogens with one attached hydrogen (secondary N) is 1. The molecule has 0 aliphatic heterocycles. The number of aromatic carboxylic acids is 1. The van der Waals surface area contributed by atoms with Gasteiger partial charge in [-0.05, 0) is 43.4 Å². The van der Waals surface area contributed by atoms with Gasteiger partial charge in [0, 0.05) is 13.1 Å². The Balaban J connectivity index is 2.43. The zero-order valence-corrected chi connectivity index (χ0v) is 12.5. The lowest BCUT2D eigenvalue weighted by molar-refractivity contribution is 0.0450. The van der Waals surface area contributed by atoms with Crippen LogP contribution in [0.2, 0.25) is 0 Å². The lowest BCUT2D eigenvalue weighted by Crippen LogP contribution is -2.37. The van der Waals surface area contributed by atoms with Crippen molar-refractivity contribution >= 4 is 5.97 Å². The number of hydrogen-bond donors (Lipinski definition) is 3. The highest BCUT2D eigenvalue weighted by molar-refractivity contribution is 5.87. The molecule has 0 spiro atoms. The molecule has 3 N–H and O–H groups in total. The summed E-state index contributed by atoms with van der Waals surface area (Å²) in [7, 11) is 0. The largest absolute Gasteiger partial charge is 0.478 e. The third-order valence-electron chi connectivity index (χ3n) is 3.27. The van der Waals surface area contributed by atoms with Gasteiger partial charge in [-0.1, -0.05) is 26.0 Å². The zero-order chi connectivity index (χ0) is 15.2. The highest BCUT2D eigenvalue weighted by Gasteiger charge is 2.19. The van der Waals surface area contributed by atoms with E-state index in [1.807, 2.05) is 13.0 Å². The minimum Gasteiger partial charge on any atom is -0.478 e. The number of carboxylic acids is 1. The van der Waals surface area contributed by atoms with Gasteiger partial charge in [0.2, 0.25) is 0 Å². The maximum absolute atomic E-state index is 10.9. The Labute approximate surface area is 120 Å². The molecule has 0 fully saturated rings. The van der Waals surface area contributed by atoms with Crippen molar-refractivity contribution in [2.24, 2.45) is 5.92 Å². The van der Waals surface area contributed by atoms with Crippen molar-refractivity contribution < 1.29 is 15.0 Å². The molecular formula is C16H25NO3. The fourth-order valence-electron chi connectivity index (χ4n) is 1.98. The van der Waals surface area contributed by atoms with Crippen molar-refractivity contribution in [2.45, 2.75) is 45.8 Å². The van der Waals surface area contributed by atoms with E-state index < -0.39 is 11.6 Å². The number of benzene rings is 1. The number of carboxylic acid groups (broad SMARTS) is 1. The van der Waals surface area contributed by atoms with Gasteiger partial charge in [-0.15, -0.1) is 0 Å². The molecule has 112 valence electrons. The molecule has 0 saturated carbocycles. The Bertz CT molecular complexity index is 441. The van der Waals surface area contributed by atoms with Crippen LogP contribution in [0.3, 0.4) is 0 Å². The van der Waals surface area contributed by atoms with Gasteiger partial charge in [0.15, 0.2) is 0 Å². The summed E-state index contributed by atoms with van der Waals surface area (Å²) >= 11 is 0. The minimum atomic E-state index is -0.921. The van der Waals surface area contributed by atoms with E-state index in [9.17, 15) is 9.90 Å². The summed E-state index contributed by atoms with van der Waals surface area (Å²) in [6, 6.07) is 6.84. The van der Waals surface area contributed by atoms with Gasteiger partial charge in [-0.2, -0.15) is 0 Å². The van der Waals surface area contributed by atoms with Gasteiger partial charge >= 0.3 is 5.97 Å². The van der Waals surface area contributed by atoms with Crippen LogP contribution in [0.1, 0.15) is 49.5 Å². The molecule has 0 aliphatic rings. The van der Waals surface area contributed by atoms with E-state index in [-0.39, 0.29) is 5.56 Å². The Morgan fingerprint density at radius 1 is 1.40 bits per heavy atom. The molecule has 20 heavy (non-hydrogen) atoms. The average molecular weight is 279 g/mol. The fraction of sp³-hybridized carbons (Fsp3) is 0.562. The van der Waals surface area contributed by atoms with Crippen LogP contribution in [0.4, 0.5) is 0 Å². The molecule has 0 bridgehead atoms.